The molecule has 0 radical (unpaired) electrons. The maximum atomic E-state index is 12.0. The number of phosphoric acid groups is 1. The molecule has 1 amide bonds. The van der Waals surface area contributed by atoms with Crippen molar-refractivity contribution in [2.24, 2.45) is 0 Å². The van der Waals surface area contributed by atoms with Crippen molar-refractivity contribution >= 4 is 25.7 Å². The minimum Gasteiger partial charge on any atom is -0.462 e. The van der Waals surface area contributed by atoms with E-state index in [9.17, 15) is 23.8 Å². The van der Waals surface area contributed by atoms with E-state index in [0.717, 1.165) is 0 Å². The molecule has 0 spiro atoms. The van der Waals surface area contributed by atoms with Crippen molar-refractivity contribution in [1.82, 2.24) is 5.32 Å². The average Bonchev–Trinajstić information content (AvgIpc) is 2.96. The van der Waals surface area contributed by atoms with Gasteiger partial charge in [-0.1, -0.05) is 19.8 Å². The quantitative estimate of drug-likeness (QED) is 0.0542. The summed E-state index contributed by atoms with van der Waals surface area (Å²) in [6, 6.07) is 0. The molecule has 238 valence electrons. The summed E-state index contributed by atoms with van der Waals surface area (Å²) in [4.78, 5) is 44.5. The van der Waals surface area contributed by atoms with Gasteiger partial charge in [-0.3, -0.25) is 23.4 Å². The molecule has 0 aromatic heterocycles. The molecule has 2 N–H and O–H groups in total. The zero-order valence-electron chi connectivity index (χ0n) is 23.9. The van der Waals surface area contributed by atoms with Crippen molar-refractivity contribution in [2.75, 3.05) is 92.4 Å². The number of ether oxygens (including phenoxy) is 7. The predicted octanol–water partition coefficient (Wildman–Crippen LogP) is 0.618. The molecule has 0 saturated carbocycles. The van der Waals surface area contributed by atoms with Crippen molar-refractivity contribution in [1.29, 1.82) is 0 Å². The molecule has 0 heterocycles. The second kappa shape index (κ2) is 26.8. The van der Waals surface area contributed by atoms with Crippen LogP contribution in [0.4, 0.5) is 0 Å². The number of carbonyl (C=O) groups is 3. The van der Waals surface area contributed by atoms with Crippen LogP contribution in [0.3, 0.4) is 0 Å². The Bertz CT molecular complexity index is 791. The Labute approximate surface area is 241 Å². The first-order valence-corrected chi connectivity index (χ1v) is 14.8. The fraction of sp³-hybridized carbons (Fsp3) is 0.800. The highest BCUT2D eigenvalue weighted by atomic mass is 31.2. The van der Waals surface area contributed by atoms with Crippen LogP contribution >= 0.6 is 7.82 Å². The zero-order chi connectivity index (χ0) is 30.6. The van der Waals surface area contributed by atoms with Crippen LogP contribution in [0.15, 0.2) is 0 Å². The van der Waals surface area contributed by atoms with Crippen molar-refractivity contribution in [3.8, 4) is 12.3 Å². The summed E-state index contributed by atoms with van der Waals surface area (Å²) in [6.45, 7) is 5.57. The predicted molar refractivity (Wildman–Crippen MR) is 144 cm³/mol. The number of hydrogen-bond acceptors (Lipinski definition) is 13. The summed E-state index contributed by atoms with van der Waals surface area (Å²) in [6.07, 6.45) is 4.22. The van der Waals surface area contributed by atoms with Crippen LogP contribution in [-0.4, -0.2) is 121 Å². The maximum Gasteiger partial charge on any atom is 0.472 e. The van der Waals surface area contributed by atoms with Gasteiger partial charge in [0.05, 0.1) is 72.7 Å². The van der Waals surface area contributed by atoms with Gasteiger partial charge in [0.2, 0.25) is 5.91 Å². The molecule has 0 aliphatic rings. The third-order valence-electron chi connectivity index (χ3n) is 4.55. The van der Waals surface area contributed by atoms with E-state index < -0.39 is 32.5 Å². The van der Waals surface area contributed by atoms with Gasteiger partial charge in [0.25, 0.3) is 0 Å². The second-order valence-electron chi connectivity index (χ2n) is 7.91. The molecule has 0 aliphatic heterocycles. The first-order valence-electron chi connectivity index (χ1n) is 13.3. The summed E-state index contributed by atoms with van der Waals surface area (Å²) >= 11 is 0. The molecule has 0 aromatic rings. The van der Waals surface area contributed by atoms with E-state index in [-0.39, 0.29) is 58.1 Å². The van der Waals surface area contributed by atoms with Crippen LogP contribution in [0.2, 0.25) is 0 Å². The van der Waals surface area contributed by atoms with Crippen molar-refractivity contribution < 1.29 is 66.0 Å². The molecule has 2 atom stereocenters. The fourth-order valence-electron chi connectivity index (χ4n) is 2.50. The molecule has 0 saturated heterocycles. The van der Waals surface area contributed by atoms with E-state index in [1.165, 1.54) is 0 Å². The molecule has 2 unspecified atom stereocenters. The maximum absolute atomic E-state index is 12.0. The number of esters is 2. The lowest BCUT2D eigenvalue weighted by Gasteiger charge is -2.19. The van der Waals surface area contributed by atoms with Crippen molar-refractivity contribution in [3.05, 3.63) is 0 Å². The molecule has 15 nitrogen and oxygen atoms in total. The molecular weight excluding hydrogens is 569 g/mol. The van der Waals surface area contributed by atoms with Gasteiger partial charge < -0.3 is 43.4 Å². The summed E-state index contributed by atoms with van der Waals surface area (Å²) in [7, 11) is -4.51. The molecule has 16 heteroatoms. The van der Waals surface area contributed by atoms with Gasteiger partial charge in [-0.25, -0.2) is 4.57 Å². The largest absolute Gasteiger partial charge is 0.472 e. The topological polar surface area (TPSA) is 184 Å². The first-order chi connectivity index (χ1) is 19.7. The Morgan fingerprint density at radius 1 is 0.780 bits per heavy atom. The molecule has 0 rings (SSSR count). The first kappa shape index (κ1) is 38.9. The molecule has 0 aromatic carbocycles. The summed E-state index contributed by atoms with van der Waals surface area (Å²) in [5.74, 6) is 0.900. The SMILES string of the molecule is C#CCOCCOCCOCCOCCOCCC(=O)NCCOP(=O)(O)OCC(COC(=O)CC)OC(=O)CC. The second-order valence-corrected chi connectivity index (χ2v) is 9.36. The normalized spacial score (nSPS) is 13.1. The number of terminal acetylenes is 1. The van der Waals surface area contributed by atoms with Gasteiger partial charge in [0.15, 0.2) is 6.10 Å². The Balaban J connectivity index is 3.76. The highest BCUT2D eigenvalue weighted by molar-refractivity contribution is 7.47. The van der Waals surface area contributed by atoms with Crippen molar-refractivity contribution in [2.45, 2.75) is 39.2 Å². The Morgan fingerprint density at radius 3 is 1.85 bits per heavy atom. The lowest BCUT2D eigenvalue weighted by molar-refractivity contribution is -0.160. The van der Waals surface area contributed by atoms with Gasteiger partial charge in [0, 0.05) is 25.8 Å². The van der Waals surface area contributed by atoms with E-state index in [1.807, 2.05) is 0 Å². The Kier molecular flexibility index (Phi) is 25.4. The van der Waals surface area contributed by atoms with E-state index in [4.69, 9.17) is 48.6 Å². The number of carbonyl (C=O) groups excluding carboxylic acids is 3. The van der Waals surface area contributed by atoms with E-state index in [1.54, 1.807) is 13.8 Å². The summed E-state index contributed by atoms with van der Waals surface area (Å²) < 4.78 is 58.0. The van der Waals surface area contributed by atoms with E-state index >= 15 is 0 Å². The third kappa shape index (κ3) is 26.5. The van der Waals surface area contributed by atoms with Crippen LogP contribution in [0.1, 0.15) is 33.1 Å². The number of rotatable bonds is 28. The number of hydrogen-bond donors (Lipinski definition) is 2. The van der Waals surface area contributed by atoms with Crippen LogP contribution in [0.5, 0.6) is 0 Å². The highest BCUT2D eigenvalue weighted by Gasteiger charge is 2.25. The Hall–Kier alpha value is -2.12. The third-order valence-corrected chi connectivity index (χ3v) is 5.54. The fourth-order valence-corrected chi connectivity index (χ4v) is 3.25. The molecule has 0 aliphatic carbocycles. The van der Waals surface area contributed by atoms with Gasteiger partial charge in [0.1, 0.15) is 13.2 Å². The van der Waals surface area contributed by atoms with Crippen LogP contribution in [0, 0.1) is 12.3 Å². The minimum atomic E-state index is -4.51. The van der Waals surface area contributed by atoms with E-state index in [2.05, 4.69) is 11.2 Å². The Morgan fingerprint density at radius 2 is 1.32 bits per heavy atom. The smallest absolute Gasteiger partial charge is 0.462 e. The molecule has 0 bridgehead atoms. The number of nitrogens with one attached hydrogen (secondary N) is 1. The molecule has 41 heavy (non-hydrogen) atoms. The number of amides is 1. The van der Waals surface area contributed by atoms with Crippen LogP contribution < -0.4 is 5.32 Å². The van der Waals surface area contributed by atoms with Crippen molar-refractivity contribution in [3.63, 3.8) is 0 Å². The monoisotopic (exact) mass is 613 g/mol. The van der Waals surface area contributed by atoms with Gasteiger partial charge in [-0.15, -0.1) is 6.42 Å². The molecule has 0 fully saturated rings. The zero-order valence-corrected chi connectivity index (χ0v) is 24.8. The lowest BCUT2D eigenvalue weighted by Crippen LogP contribution is -2.30. The van der Waals surface area contributed by atoms with E-state index in [0.29, 0.717) is 52.9 Å². The van der Waals surface area contributed by atoms with Gasteiger partial charge in [-0.2, -0.15) is 0 Å². The highest BCUT2D eigenvalue weighted by Crippen LogP contribution is 2.43. The van der Waals surface area contributed by atoms with Gasteiger partial charge >= 0.3 is 19.8 Å². The summed E-state index contributed by atoms with van der Waals surface area (Å²) in [5, 5.41) is 2.51. The lowest BCUT2D eigenvalue weighted by atomic mass is 10.4. The average molecular weight is 614 g/mol. The van der Waals surface area contributed by atoms with Crippen LogP contribution in [-0.2, 0) is 61.2 Å². The number of phosphoric ester groups is 1. The minimum absolute atomic E-state index is 0.0528. The summed E-state index contributed by atoms with van der Waals surface area (Å²) in [5.41, 5.74) is 0. The van der Waals surface area contributed by atoms with Crippen LogP contribution in [0.25, 0.3) is 0 Å². The standard InChI is InChI=1S/C25H44NO14P/c1-4-9-32-12-14-34-16-18-36-19-17-35-15-13-33-10-7-23(27)26-8-11-38-41(30,31)39-21-22(40-25(29)6-3)20-37-24(28)5-2/h1,22H,5-21H2,2-3H3,(H,26,27)(H,30,31). The van der Waals surface area contributed by atoms with Gasteiger partial charge in [-0.05, 0) is 0 Å². The molecular formula is C25H44NO14P.